The van der Waals surface area contributed by atoms with Crippen LogP contribution in [0.3, 0.4) is 0 Å². The molecule has 0 heterocycles. The molecular weight excluding hydrogens is 120 g/mol. The van der Waals surface area contributed by atoms with E-state index in [9.17, 15) is 0 Å². The van der Waals surface area contributed by atoms with Gasteiger partial charge in [0.15, 0.2) is 0 Å². The summed E-state index contributed by atoms with van der Waals surface area (Å²) in [7, 11) is 0. The molecule has 0 saturated carbocycles. The summed E-state index contributed by atoms with van der Waals surface area (Å²) < 4.78 is 0. The van der Waals surface area contributed by atoms with Crippen molar-refractivity contribution in [3.63, 3.8) is 0 Å². The number of unbranched alkanes of at least 4 members (excludes halogenated alkanes) is 1. The van der Waals surface area contributed by atoms with Crippen molar-refractivity contribution < 1.29 is 0 Å². The van der Waals surface area contributed by atoms with Crippen molar-refractivity contribution in [3.05, 3.63) is 0 Å². The van der Waals surface area contributed by atoms with Gasteiger partial charge in [-0.05, 0) is 12.3 Å². The van der Waals surface area contributed by atoms with Gasteiger partial charge in [0.2, 0.25) is 0 Å². The molecule has 0 unspecified atom stereocenters. The van der Waals surface area contributed by atoms with E-state index < -0.39 is 0 Å². The van der Waals surface area contributed by atoms with Crippen molar-refractivity contribution >= 4 is 0 Å². The molecule has 0 atom stereocenters. The van der Waals surface area contributed by atoms with Crippen LogP contribution < -0.4 is 0 Å². The van der Waals surface area contributed by atoms with Crippen LogP contribution in [-0.4, -0.2) is 0 Å². The van der Waals surface area contributed by atoms with Gasteiger partial charge in [-0.2, -0.15) is 0 Å². The number of hydrogen-bond acceptors (Lipinski definition) is 0. The first-order valence-corrected chi connectivity index (χ1v) is 4.23. The van der Waals surface area contributed by atoms with Crippen LogP contribution in [0.15, 0.2) is 0 Å². The third-order valence-electron chi connectivity index (χ3n) is 1.39. The summed E-state index contributed by atoms with van der Waals surface area (Å²) in [5.41, 5.74) is 0. The third-order valence-corrected chi connectivity index (χ3v) is 1.39. The summed E-state index contributed by atoms with van der Waals surface area (Å²) in [5.74, 6) is 7.05. The fraction of sp³-hybridized carbons (Fsp3) is 0.800. The third kappa shape index (κ3) is 7.56. The molecular formula is C10H18. The van der Waals surface area contributed by atoms with E-state index in [0.717, 1.165) is 18.8 Å². The van der Waals surface area contributed by atoms with Gasteiger partial charge in [-0.25, -0.2) is 0 Å². The SMILES string of the molecule is CCC#CCCCC(C)C. The van der Waals surface area contributed by atoms with Gasteiger partial charge < -0.3 is 0 Å². The monoisotopic (exact) mass is 138 g/mol. The second-order valence-corrected chi connectivity index (χ2v) is 2.99. The Balaban J connectivity index is 3.05. The van der Waals surface area contributed by atoms with Crippen molar-refractivity contribution in [2.45, 2.75) is 46.5 Å². The quantitative estimate of drug-likeness (QED) is 0.415. The average molecular weight is 138 g/mol. The fourth-order valence-electron chi connectivity index (χ4n) is 0.812. The van der Waals surface area contributed by atoms with Gasteiger partial charge in [0, 0.05) is 12.8 Å². The molecule has 0 aliphatic heterocycles. The van der Waals surface area contributed by atoms with E-state index in [2.05, 4.69) is 32.6 Å². The normalized spacial score (nSPS) is 9.20. The van der Waals surface area contributed by atoms with Crippen molar-refractivity contribution in [2.24, 2.45) is 5.92 Å². The Morgan fingerprint density at radius 3 is 2.40 bits per heavy atom. The Labute approximate surface area is 65.0 Å². The predicted octanol–water partition coefficient (Wildman–Crippen LogP) is 3.23. The van der Waals surface area contributed by atoms with E-state index in [1.807, 2.05) is 0 Å². The second kappa shape index (κ2) is 6.68. The molecule has 0 bridgehead atoms. The van der Waals surface area contributed by atoms with Crippen LogP contribution in [0.4, 0.5) is 0 Å². The van der Waals surface area contributed by atoms with E-state index in [1.165, 1.54) is 12.8 Å². The molecule has 0 nitrogen and oxygen atoms in total. The fourth-order valence-corrected chi connectivity index (χ4v) is 0.812. The minimum Gasteiger partial charge on any atom is -0.104 e. The summed E-state index contributed by atoms with van der Waals surface area (Å²) in [5, 5.41) is 0. The van der Waals surface area contributed by atoms with Crippen molar-refractivity contribution in [2.75, 3.05) is 0 Å². The van der Waals surface area contributed by atoms with Gasteiger partial charge in [-0.15, -0.1) is 11.8 Å². The number of rotatable bonds is 3. The van der Waals surface area contributed by atoms with E-state index in [4.69, 9.17) is 0 Å². The van der Waals surface area contributed by atoms with E-state index in [0.29, 0.717) is 0 Å². The van der Waals surface area contributed by atoms with Gasteiger partial charge >= 0.3 is 0 Å². The second-order valence-electron chi connectivity index (χ2n) is 2.99. The van der Waals surface area contributed by atoms with Crippen LogP contribution >= 0.6 is 0 Å². The number of hydrogen-bond donors (Lipinski definition) is 0. The van der Waals surface area contributed by atoms with Gasteiger partial charge in [-0.1, -0.05) is 27.2 Å². The zero-order valence-electron chi connectivity index (χ0n) is 7.41. The van der Waals surface area contributed by atoms with Crippen molar-refractivity contribution in [1.29, 1.82) is 0 Å². The molecule has 10 heavy (non-hydrogen) atoms. The van der Waals surface area contributed by atoms with Gasteiger partial charge in [0.25, 0.3) is 0 Å². The molecule has 0 amide bonds. The van der Waals surface area contributed by atoms with Crippen LogP contribution in [0.1, 0.15) is 46.5 Å². The Kier molecular flexibility index (Phi) is 6.38. The molecule has 0 aromatic heterocycles. The van der Waals surface area contributed by atoms with Gasteiger partial charge in [0.05, 0.1) is 0 Å². The van der Waals surface area contributed by atoms with Crippen LogP contribution in [0.5, 0.6) is 0 Å². The Morgan fingerprint density at radius 2 is 1.90 bits per heavy atom. The molecule has 0 fully saturated rings. The van der Waals surface area contributed by atoms with Crippen molar-refractivity contribution in [1.82, 2.24) is 0 Å². The predicted molar refractivity (Wildman–Crippen MR) is 46.8 cm³/mol. The average Bonchev–Trinajstić information content (AvgIpc) is 1.87. The first kappa shape index (κ1) is 9.56. The van der Waals surface area contributed by atoms with Crippen LogP contribution in [0, 0.1) is 17.8 Å². The highest BCUT2D eigenvalue weighted by Crippen LogP contribution is 2.04. The minimum absolute atomic E-state index is 0.837. The van der Waals surface area contributed by atoms with E-state index in [1.54, 1.807) is 0 Å². The molecule has 0 rings (SSSR count). The standard InChI is InChI=1S/C10H18/c1-4-5-6-7-8-9-10(2)3/h10H,4,7-9H2,1-3H3. The topological polar surface area (TPSA) is 0 Å². The van der Waals surface area contributed by atoms with Crippen molar-refractivity contribution in [3.8, 4) is 11.8 Å². The van der Waals surface area contributed by atoms with Crippen LogP contribution in [0.2, 0.25) is 0 Å². The Hall–Kier alpha value is -0.440. The lowest BCUT2D eigenvalue weighted by molar-refractivity contribution is 0.562. The highest BCUT2D eigenvalue weighted by Gasteiger charge is 1.90. The summed E-state index contributed by atoms with van der Waals surface area (Å²) in [6.45, 7) is 6.61. The molecule has 0 spiro atoms. The molecule has 0 aliphatic carbocycles. The largest absolute Gasteiger partial charge is 0.104 e. The molecule has 0 heteroatoms. The maximum absolute atomic E-state index is 3.14. The summed E-state index contributed by atoms with van der Waals surface area (Å²) in [4.78, 5) is 0. The molecule has 0 aromatic carbocycles. The lowest BCUT2D eigenvalue weighted by Gasteiger charge is -1.98. The lowest BCUT2D eigenvalue weighted by atomic mass is 10.1. The van der Waals surface area contributed by atoms with E-state index in [-0.39, 0.29) is 0 Å². The Bertz CT molecular complexity index is 112. The Morgan fingerprint density at radius 1 is 1.20 bits per heavy atom. The highest BCUT2D eigenvalue weighted by molar-refractivity contribution is 4.97. The molecule has 0 aliphatic rings. The first-order valence-electron chi connectivity index (χ1n) is 4.23. The van der Waals surface area contributed by atoms with Gasteiger partial charge in [-0.3, -0.25) is 0 Å². The van der Waals surface area contributed by atoms with E-state index >= 15 is 0 Å². The lowest BCUT2D eigenvalue weighted by Crippen LogP contribution is -1.84. The van der Waals surface area contributed by atoms with Crippen LogP contribution in [-0.2, 0) is 0 Å². The summed E-state index contributed by atoms with van der Waals surface area (Å²) in [6, 6.07) is 0. The minimum atomic E-state index is 0.837. The smallest absolute Gasteiger partial charge is 0.00887 e. The first-order chi connectivity index (χ1) is 4.77. The van der Waals surface area contributed by atoms with Crippen LogP contribution in [0.25, 0.3) is 0 Å². The zero-order valence-corrected chi connectivity index (χ0v) is 7.41. The van der Waals surface area contributed by atoms with Gasteiger partial charge in [0.1, 0.15) is 0 Å². The molecule has 0 saturated heterocycles. The summed E-state index contributed by atoms with van der Waals surface area (Å²) >= 11 is 0. The highest BCUT2D eigenvalue weighted by atomic mass is 14.0. The summed E-state index contributed by atoms with van der Waals surface area (Å²) in [6.07, 6.45) is 4.68. The molecule has 0 radical (unpaired) electrons. The molecule has 0 N–H and O–H groups in total. The molecule has 0 aromatic rings. The zero-order chi connectivity index (χ0) is 7.82. The maximum atomic E-state index is 3.14. The molecule has 58 valence electrons. The maximum Gasteiger partial charge on any atom is 0.00887 e.